The van der Waals surface area contributed by atoms with Gasteiger partial charge in [-0.25, -0.2) is 9.78 Å². The summed E-state index contributed by atoms with van der Waals surface area (Å²) in [7, 11) is 1.71. The summed E-state index contributed by atoms with van der Waals surface area (Å²) in [5.41, 5.74) is 6.79. The second kappa shape index (κ2) is 9.88. The maximum absolute atomic E-state index is 12.5. The van der Waals surface area contributed by atoms with Crippen LogP contribution in [0, 0.1) is 6.92 Å². The number of hydrogen-bond donors (Lipinski definition) is 2. The van der Waals surface area contributed by atoms with Gasteiger partial charge in [-0.1, -0.05) is 6.07 Å². The lowest BCUT2D eigenvalue weighted by Gasteiger charge is -2.20. The second-order valence-corrected chi connectivity index (χ2v) is 7.01. The number of carbonyl (C=O) groups is 2. The zero-order valence-corrected chi connectivity index (χ0v) is 18.5. The Kier molecular flexibility index (Phi) is 7.00. The van der Waals surface area contributed by atoms with Crippen molar-refractivity contribution in [3.63, 3.8) is 0 Å². The van der Waals surface area contributed by atoms with E-state index >= 15 is 0 Å². The number of hydrogen-bond acceptors (Lipinski definition) is 7. The summed E-state index contributed by atoms with van der Waals surface area (Å²) in [6.45, 7) is 4.08. The van der Waals surface area contributed by atoms with Gasteiger partial charge in [0.2, 0.25) is 0 Å². The summed E-state index contributed by atoms with van der Waals surface area (Å²) in [5, 5.41) is 6.92. The fraction of sp³-hybridized carbons (Fsp3) is 0.190. The second-order valence-electron chi connectivity index (χ2n) is 6.66. The molecule has 0 aliphatic carbocycles. The third-order valence-corrected chi connectivity index (χ3v) is 4.59. The van der Waals surface area contributed by atoms with Crippen molar-refractivity contribution in [2.45, 2.75) is 13.8 Å². The van der Waals surface area contributed by atoms with E-state index in [9.17, 15) is 9.59 Å². The van der Waals surface area contributed by atoms with Crippen LogP contribution < -0.4 is 20.7 Å². The summed E-state index contributed by atoms with van der Waals surface area (Å²) in [5.74, 6) is 1.18. The first-order valence-electron chi connectivity index (χ1n) is 9.61. The molecule has 2 heterocycles. The fourth-order valence-corrected chi connectivity index (χ4v) is 3.21. The minimum atomic E-state index is -0.987. The minimum absolute atomic E-state index is 0.0896. The number of rotatable bonds is 6. The molecule has 1 aromatic carbocycles. The molecule has 32 heavy (non-hydrogen) atoms. The summed E-state index contributed by atoms with van der Waals surface area (Å²) in [4.78, 5) is 29.2. The van der Waals surface area contributed by atoms with Gasteiger partial charge in [0.15, 0.2) is 0 Å². The monoisotopic (exact) mass is 454 g/mol. The number of nitrogens with two attached hydrogens (primary N) is 1. The maximum Gasteiger partial charge on any atom is 0.411 e. The number of ether oxygens (including phenoxy) is 2. The molecule has 0 bridgehead atoms. The molecule has 3 rings (SSSR count). The molecular weight excluding hydrogens is 432 g/mol. The van der Waals surface area contributed by atoms with Crippen LogP contribution in [0.1, 0.15) is 23.1 Å². The summed E-state index contributed by atoms with van der Waals surface area (Å²) >= 11 is 5.06. The van der Waals surface area contributed by atoms with Crippen molar-refractivity contribution < 1.29 is 19.1 Å². The topological polar surface area (TPSA) is 125 Å². The number of benzene rings is 1. The molecule has 3 aromatic rings. The largest absolute Gasteiger partial charge is 0.456 e. The maximum atomic E-state index is 12.5. The predicted octanol–water partition coefficient (Wildman–Crippen LogP) is 3.37. The first-order chi connectivity index (χ1) is 15.3. The summed E-state index contributed by atoms with van der Waals surface area (Å²) in [6, 6.07) is 12.1. The summed E-state index contributed by atoms with van der Waals surface area (Å²) in [6.07, 6.45) is 0.521. The van der Waals surface area contributed by atoms with E-state index in [1.54, 1.807) is 49.5 Å². The van der Waals surface area contributed by atoms with Gasteiger partial charge in [0.05, 0.1) is 11.9 Å². The highest BCUT2D eigenvalue weighted by atomic mass is 32.1. The number of carbonyl (C=O) groups excluding carboxylic acids is 2. The Balaban J connectivity index is 1.68. The van der Waals surface area contributed by atoms with Crippen molar-refractivity contribution >= 4 is 40.9 Å². The highest BCUT2D eigenvalue weighted by Crippen LogP contribution is 2.25. The van der Waals surface area contributed by atoms with Crippen LogP contribution in [0.3, 0.4) is 0 Å². The molecule has 11 heteroatoms. The molecule has 166 valence electrons. The highest BCUT2D eigenvalue weighted by molar-refractivity contribution is 7.80. The van der Waals surface area contributed by atoms with Crippen LogP contribution in [0.2, 0.25) is 0 Å². The van der Waals surface area contributed by atoms with Gasteiger partial charge < -0.3 is 20.5 Å². The number of thiocarbonyl (C=S) groups is 1. The van der Waals surface area contributed by atoms with Gasteiger partial charge >= 0.3 is 6.09 Å². The number of aryl methyl sites for hydroxylation is 2. The normalized spacial score (nSPS) is 10.3. The average molecular weight is 455 g/mol. The molecule has 0 aliphatic heterocycles. The lowest BCUT2D eigenvalue weighted by molar-refractivity contribution is 0.101. The first kappa shape index (κ1) is 22.7. The summed E-state index contributed by atoms with van der Waals surface area (Å²) < 4.78 is 12.1. The highest BCUT2D eigenvalue weighted by Gasteiger charge is 2.15. The van der Waals surface area contributed by atoms with Crippen LogP contribution in [-0.2, 0) is 11.8 Å². The molecule has 2 aromatic heterocycles. The Morgan fingerprint density at radius 2 is 2.00 bits per heavy atom. The smallest absolute Gasteiger partial charge is 0.411 e. The third-order valence-electron chi connectivity index (χ3n) is 4.28. The Morgan fingerprint density at radius 3 is 2.59 bits per heavy atom. The molecule has 0 radical (unpaired) electrons. The van der Waals surface area contributed by atoms with E-state index in [0.29, 0.717) is 35.2 Å². The van der Waals surface area contributed by atoms with Crippen molar-refractivity contribution in [2.75, 3.05) is 16.8 Å². The van der Waals surface area contributed by atoms with E-state index < -0.39 is 6.09 Å². The third kappa shape index (κ3) is 5.58. The van der Waals surface area contributed by atoms with E-state index in [2.05, 4.69) is 15.4 Å². The minimum Gasteiger partial charge on any atom is -0.456 e. The number of nitrogens with one attached hydrogen (secondary N) is 1. The van der Waals surface area contributed by atoms with Crippen LogP contribution in [0.15, 0.2) is 48.7 Å². The lowest BCUT2D eigenvalue weighted by Crippen LogP contribution is -2.34. The SMILES string of the molecule is CCN(C(=S)OC(N)=O)c1ccc(Oc2cccc(NC(=O)c3cc(C)nn3C)c2)cn1. The average Bonchev–Trinajstić information content (AvgIpc) is 3.07. The van der Waals surface area contributed by atoms with Gasteiger partial charge in [-0.2, -0.15) is 5.10 Å². The fourth-order valence-electron chi connectivity index (χ4n) is 2.91. The van der Waals surface area contributed by atoms with Gasteiger partial charge in [-0.15, -0.1) is 0 Å². The standard InChI is InChI=1S/C21H22N6O4S/c1-4-27(21(32)31-20(22)29)18-9-8-16(12-23-18)30-15-7-5-6-14(11-15)24-19(28)17-10-13(2)25-26(17)3/h5-12H,4H2,1-3H3,(H2,22,29)(H,24,28). The van der Waals surface area contributed by atoms with Crippen LogP contribution in [-0.4, -0.2) is 38.5 Å². The molecule has 10 nitrogen and oxygen atoms in total. The number of amides is 2. The first-order valence-corrected chi connectivity index (χ1v) is 10.0. The molecular formula is C21H22N6O4S. The van der Waals surface area contributed by atoms with Gasteiger partial charge in [-0.3, -0.25) is 14.4 Å². The van der Waals surface area contributed by atoms with Gasteiger partial charge in [-0.05, 0) is 56.4 Å². The molecule has 3 N–H and O–H groups in total. The Morgan fingerprint density at radius 1 is 1.22 bits per heavy atom. The number of anilines is 2. The van der Waals surface area contributed by atoms with Crippen LogP contribution in [0.5, 0.6) is 11.5 Å². The quantitative estimate of drug-likeness (QED) is 0.543. The van der Waals surface area contributed by atoms with E-state index in [-0.39, 0.29) is 11.1 Å². The Hall–Kier alpha value is -3.99. The number of aromatic nitrogens is 3. The van der Waals surface area contributed by atoms with Crippen molar-refractivity contribution in [1.82, 2.24) is 14.8 Å². The molecule has 2 amide bonds. The molecule has 0 saturated heterocycles. The van der Waals surface area contributed by atoms with E-state index in [0.717, 1.165) is 5.69 Å². The Bertz CT molecular complexity index is 1150. The van der Waals surface area contributed by atoms with E-state index in [1.807, 2.05) is 13.8 Å². The molecule has 0 unspecified atom stereocenters. The van der Waals surface area contributed by atoms with Crippen molar-refractivity contribution in [3.8, 4) is 11.5 Å². The van der Waals surface area contributed by atoms with E-state index in [4.69, 9.17) is 27.4 Å². The zero-order chi connectivity index (χ0) is 23.3. The van der Waals surface area contributed by atoms with Gasteiger partial charge in [0, 0.05) is 25.3 Å². The number of primary amides is 1. The van der Waals surface area contributed by atoms with Crippen LogP contribution >= 0.6 is 12.2 Å². The van der Waals surface area contributed by atoms with Crippen molar-refractivity contribution in [2.24, 2.45) is 12.8 Å². The van der Waals surface area contributed by atoms with Crippen LogP contribution in [0.25, 0.3) is 0 Å². The van der Waals surface area contributed by atoms with E-state index in [1.165, 1.54) is 15.8 Å². The molecule has 0 atom stereocenters. The number of nitrogens with zero attached hydrogens (tertiary/aromatic N) is 4. The molecule has 0 saturated carbocycles. The van der Waals surface area contributed by atoms with Crippen LogP contribution in [0.4, 0.5) is 16.3 Å². The molecule has 0 fully saturated rings. The Labute approximate surface area is 189 Å². The van der Waals surface area contributed by atoms with Crippen molar-refractivity contribution in [3.05, 3.63) is 60.0 Å². The zero-order valence-electron chi connectivity index (χ0n) is 17.7. The van der Waals surface area contributed by atoms with Crippen molar-refractivity contribution in [1.29, 1.82) is 0 Å². The molecule has 0 spiro atoms. The predicted molar refractivity (Wildman–Crippen MR) is 123 cm³/mol. The van der Waals surface area contributed by atoms with Gasteiger partial charge in [0.25, 0.3) is 11.1 Å². The van der Waals surface area contributed by atoms with Gasteiger partial charge in [0.1, 0.15) is 23.0 Å². The number of pyridine rings is 1. The molecule has 0 aliphatic rings. The lowest BCUT2D eigenvalue weighted by atomic mass is 10.2.